The summed E-state index contributed by atoms with van der Waals surface area (Å²) in [6, 6.07) is 5.61. The molecule has 1 unspecified atom stereocenters. The van der Waals surface area contributed by atoms with Gasteiger partial charge in [0.15, 0.2) is 9.84 Å². The Hall–Kier alpha value is -1.08. The Morgan fingerprint density at radius 1 is 1.32 bits per heavy atom. The summed E-state index contributed by atoms with van der Waals surface area (Å²) in [5.74, 6) is 0. The molecule has 0 aliphatic heterocycles. The van der Waals surface area contributed by atoms with E-state index in [2.05, 4.69) is 0 Å². The van der Waals surface area contributed by atoms with E-state index < -0.39 is 28.5 Å². The summed E-state index contributed by atoms with van der Waals surface area (Å²) in [6.45, 7) is 0. The van der Waals surface area contributed by atoms with Crippen molar-refractivity contribution in [3.8, 4) is 0 Å². The fraction of sp³-hybridized carbons (Fsp3) is 0.500. The fourth-order valence-corrected chi connectivity index (χ4v) is 2.29. The van der Waals surface area contributed by atoms with Gasteiger partial charge in [-0.25, -0.2) is 8.42 Å². The fourth-order valence-electron chi connectivity index (χ4n) is 1.61. The number of aliphatic hydroxyl groups is 1. The maximum absolute atomic E-state index is 12.0. The summed E-state index contributed by atoms with van der Waals surface area (Å²) in [5, 5.41) is 9.75. The van der Waals surface area contributed by atoms with Crippen molar-refractivity contribution in [2.24, 2.45) is 0 Å². The van der Waals surface area contributed by atoms with Gasteiger partial charge in [0.25, 0.3) is 0 Å². The molecule has 108 valence electrons. The first kappa shape index (κ1) is 16.0. The van der Waals surface area contributed by atoms with E-state index in [-0.39, 0.29) is 17.7 Å². The molecule has 0 bridgehead atoms. The van der Waals surface area contributed by atoms with Gasteiger partial charge in [0.1, 0.15) is 0 Å². The minimum atomic E-state index is -4.24. The van der Waals surface area contributed by atoms with Gasteiger partial charge in [-0.15, -0.1) is 0 Å². The van der Waals surface area contributed by atoms with Crippen LogP contribution in [0.15, 0.2) is 29.2 Å². The van der Waals surface area contributed by atoms with Gasteiger partial charge in [0.2, 0.25) is 0 Å². The van der Waals surface area contributed by atoms with E-state index >= 15 is 0 Å². The van der Waals surface area contributed by atoms with E-state index in [0.717, 1.165) is 6.26 Å². The van der Waals surface area contributed by atoms with Crippen LogP contribution in [0.1, 0.15) is 30.9 Å². The molecule has 1 rings (SSSR count). The third-order valence-electron chi connectivity index (χ3n) is 2.61. The van der Waals surface area contributed by atoms with E-state index in [1.54, 1.807) is 0 Å². The zero-order valence-corrected chi connectivity index (χ0v) is 11.1. The maximum Gasteiger partial charge on any atom is 0.389 e. The molecule has 0 saturated carbocycles. The SMILES string of the molecule is CS(=O)(=O)c1cccc(C(O)CCCC(F)(F)F)c1. The van der Waals surface area contributed by atoms with Crippen molar-refractivity contribution in [1.29, 1.82) is 0 Å². The molecule has 0 aromatic heterocycles. The Morgan fingerprint density at radius 3 is 2.47 bits per heavy atom. The number of benzene rings is 1. The van der Waals surface area contributed by atoms with Crippen molar-refractivity contribution in [1.82, 2.24) is 0 Å². The Balaban J connectivity index is 2.70. The van der Waals surface area contributed by atoms with E-state index in [1.165, 1.54) is 24.3 Å². The van der Waals surface area contributed by atoms with Crippen LogP contribution < -0.4 is 0 Å². The number of sulfone groups is 1. The average molecular weight is 296 g/mol. The molecular formula is C12H15F3O3S. The summed E-state index contributed by atoms with van der Waals surface area (Å²) in [4.78, 5) is 0.0415. The largest absolute Gasteiger partial charge is 0.389 e. The van der Waals surface area contributed by atoms with Crippen LogP contribution in [0.25, 0.3) is 0 Å². The summed E-state index contributed by atoms with van der Waals surface area (Å²) < 4.78 is 58.5. The molecule has 1 N–H and O–H groups in total. The molecule has 7 heteroatoms. The number of alkyl halides is 3. The third-order valence-corrected chi connectivity index (χ3v) is 3.72. The predicted octanol–water partition coefficient (Wildman–Crippen LogP) is 2.86. The highest BCUT2D eigenvalue weighted by Gasteiger charge is 2.26. The highest BCUT2D eigenvalue weighted by atomic mass is 32.2. The van der Waals surface area contributed by atoms with E-state index in [1.807, 2.05) is 0 Å². The minimum absolute atomic E-state index is 0.0415. The first-order chi connectivity index (χ1) is 8.59. The number of aliphatic hydroxyl groups excluding tert-OH is 1. The molecule has 0 aliphatic carbocycles. The summed E-state index contributed by atoms with van der Waals surface area (Å²) in [7, 11) is -3.39. The number of halogens is 3. The van der Waals surface area contributed by atoms with Crippen LogP contribution in [0.5, 0.6) is 0 Å². The molecule has 3 nitrogen and oxygen atoms in total. The first-order valence-corrected chi connectivity index (χ1v) is 7.53. The van der Waals surface area contributed by atoms with Gasteiger partial charge in [-0.1, -0.05) is 12.1 Å². The number of rotatable bonds is 5. The molecule has 0 amide bonds. The molecule has 1 aromatic rings. The molecule has 0 spiro atoms. The molecule has 1 aromatic carbocycles. The van der Waals surface area contributed by atoms with Crippen LogP contribution in [0, 0.1) is 0 Å². The average Bonchev–Trinajstić information content (AvgIpc) is 2.26. The van der Waals surface area contributed by atoms with Gasteiger partial charge in [-0.2, -0.15) is 13.2 Å². The normalized spacial score (nSPS) is 14.4. The first-order valence-electron chi connectivity index (χ1n) is 5.64. The van der Waals surface area contributed by atoms with Crippen molar-refractivity contribution in [2.45, 2.75) is 36.4 Å². The third kappa shape index (κ3) is 5.61. The molecule has 0 fully saturated rings. The van der Waals surface area contributed by atoms with Crippen LogP contribution in [0.4, 0.5) is 13.2 Å². The zero-order valence-electron chi connectivity index (χ0n) is 10.3. The van der Waals surface area contributed by atoms with Gasteiger partial charge in [0.05, 0.1) is 11.0 Å². The van der Waals surface area contributed by atoms with Crippen LogP contribution in [0.2, 0.25) is 0 Å². The van der Waals surface area contributed by atoms with Crippen molar-refractivity contribution in [3.05, 3.63) is 29.8 Å². The van der Waals surface area contributed by atoms with Crippen LogP contribution in [-0.4, -0.2) is 26.0 Å². The molecule has 19 heavy (non-hydrogen) atoms. The Bertz CT molecular complexity index is 523. The highest BCUT2D eigenvalue weighted by molar-refractivity contribution is 7.90. The highest BCUT2D eigenvalue weighted by Crippen LogP contribution is 2.27. The molecule has 1 atom stereocenters. The lowest BCUT2D eigenvalue weighted by Crippen LogP contribution is -2.08. The second-order valence-electron chi connectivity index (χ2n) is 4.37. The van der Waals surface area contributed by atoms with Gasteiger partial charge < -0.3 is 5.11 Å². The van der Waals surface area contributed by atoms with Crippen LogP contribution in [-0.2, 0) is 9.84 Å². The Morgan fingerprint density at radius 2 is 1.95 bits per heavy atom. The number of hydrogen-bond acceptors (Lipinski definition) is 3. The van der Waals surface area contributed by atoms with Crippen molar-refractivity contribution < 1.29 is 26.7 Å². The van der Waals surface area contributed by atoms with Gasteiger partial charge in [-0.3, -0.25) is 0 Å². The van der Waals surface area contributed by atoms with Crippen molar-refractivity contribution in [3.63, 3.8) is 0 Å². The maximum atomic E-state index is 12.0. The quantitative estimate of drug-likeness (QED) is 0.909. The monoisotopic (exact) mass is 296 g/mol. The Kier molecular flexibility index (Phi) is 4.98. The molecular weight excluding hydrogens is 281 g/mol. The van der Waals surface area contributed by atoms with E-state index in [4.69, 9.17) is 0 Å². The second kappa shape index (κ2) is 5.92. The van der Waals surface area contributed by atoms with Gasteiger partial charge >= 0.3 is 6.18 Å². The minimum Gasteiger partial charge on any atom is -0.388 e. The van der Waals surface area contributed by atoms with E-state index in [9.17, 15) is 26.7 Å². The summed E-state index contributed by atoms with van der Waals surface area (Å²) in [6.07, 6.45) is -5.53. The van der Waals surface area contributed by atoms with Crippen LogP contribution in [0.3, 0.4) is 0 Å². The number of hydrogen-bond donors (Lipinski definition) is 1. The standard InChI is InChI=1S/C12H15F3O3S/c1-19(17,18)10-5-2-4-9(8-10)11(16)6-3-7-12(13,14)15/h2,4-5,8,11,16H,3,6-7H2,1H3. The zero-order chi connectivity index (χ0) is 14.7. The summed E-state index contributed by atoms with van der Waals surface area (Å²) in [5.41, 5.74) is 0.310. The molecule has 0 aliphatic rings. The molecule has 0 saturated heterocycles. The molecule has 0 radical (unpaired) electrons. The predicted molar refractivity (Wildman–Crippen MR) is 64.4 cm³/mol. The smallest absolute Gasteiger partial charge is 0.388 e. The second-order valence-corrected chi connectivity index (χ2v) is 6.38. The van der Waals surface area contributed by atoms with Gasteiger partial charge in [0, 0.05) is 12.7 Å². The Labute approximate surface area is 110 Å². The van der Waals surface area contributed by atoms with Crippen LogP contribution >= 0.6 is 0 Å². The van der Waals surface area contributed by atoms with E-state index in [0.29, 0.717) is 5.56 Å². The van der Waals surface area contributed by atoms with Crippen molar-refractivity contribution in [2.75, 3.05) is 6.26 Å². The molecule has 0 heterocycles. The topological polar surface area (TPSA) is 54.4 Å². The van der Waals surface area contributed by atoms with Crippen molar-refractivity contribution >= 4 is 9.84 Å². The lowest BCUT2D eigenvalue weighted by atomic mass is 10.0. The van der Waals surface area contributed by atoms with Gasteiger partial charge in [-0.05, 0) is 30.5 Å². The summed E-state index contributed by atoms with van der Waals surface area (Å²) >= 11 is 0. The lowest BCUT2D eigenvalue weighted by Gasteiger charge is -2.12. The lowest BCUT2D eigenvalue weighted by molar-refractivity contribution is -0.136.